The molecule has 0 saturated carbocycles. The first-order valence-corrected chi connectivity index (χ1v) is 9.24. The molecule has 0 aromatic heterocycles. The van der Waals surface area contributed by atoms with Crippen molar-refractivity contribution < 1.29 is 14.3 Å². The zero-order valence-electron chi connectivity index (χ0n) is 15.9. The fourth-order valence-corrected chi connectivity index (χ4v) is 3.43. The number of hydrogen-bond donors (Lipinski definition) is 0. The molecule has 0 fully saturated rings. The van der Waals surface area contributed by atoms with Crippen molar-refractivity contribution in [3.63, 3.8) is 0 Å². The average Bonchev–Trinajstić information content (AvgIpc) is 3.01. The van der Waals surface area contributed by atoms with Crippen LogP contribution in [0.4, 0.5) is 11.4 Å². The van der Waals surface area contributed by atoms with Gasteiger partial charge in [0.25, 0.3) is 5.91 Å². The monoisotopic (exact) mass is 371 g/mol. The van der Waals surface area contributed by atoms with Gasteiger partial charge in [0, 0.05) is 11.3 Å². The van der Waals surface area contributed by atoms with Gasteiger partial charge in [-0.1, -0.05) is 42.5 Å². The Bertz CT molecular complexity index is 1040. The van der Waals surface area contributed by atoms with E-state index in [1.165, 1.54) is 0 Å². The SMILES string of the molecule is CCOc1cc(/C=C2/C(=O)N(c3ccccc3)c3ccccc32)ccc1OC. The van der Waals surface area contributed by atoms with E-state index in [2.05, 4.69) is 0 Å². The van der Waals surface area contributed by atoms with Crippen molar-refractivity contribution in [1.29, 1.82) is 0 Å². The number of carbonyl (C=O) groups excluding carboxylic acids is 1. The van der Waals surface area contributed by atoms with E-state index in [0.717, 1.165) is 22.5 Å². The molecule has 0 bridgehead atoms. The third kappa shape index (κ3) is 3.14. The first kappa shape index (κ1) is 17.9. The van der Waals surface area contributed by atoms with Crippen molar-refractivity contribution >= 4 is 28.9 Å². The Labute approximate surface area is 164 Å². The van der Waals surface area contributed by atoms with Gasteiger partial charge in [-0.2, -0.15) is 0 Å². The average molecular weight is 371 g/mol. The maximum Gasteiger partial charge on any atom is 0.263 e. The Kier molecular flexibility index (Phi) is 4.85. The van der Waals surface area contributed by atoms with Crippen molar-refractivity contribution in [3.05, 3.63) is 83.9 Å². The van der Waals surface area contributed by atoms with E-state index in [1.54, 1.807) is 12.0 Å². The Morgan fingerprint density at radius 3 is 2.43 bits per heavy atom. The number of benzene rings is 3. The molecule has 1 amide bonds. The van der Waals surface area contributed by atoms with Gasteiger partial charge in [0.2, 0.25) is 0 Å². The van der Waals surface area contributed by atoms with Gasteiger partial charge < -0.3 is 9.47 Å². The molecular formula is C24H21NO3. The van der Waals surface area contributed by atoms with Gasteiger partial charge in [0.15, 0.2) is 11.5 Å². The summed E-state index contributed by atoms with van der Waals surface area (Å²) in [7, 11) is 1.62. The van der Waals surface area contributed by atoms with Gasteiger partial charge in [0.05, 0.1) is 25.0 Å². The number of rotatable bonds is 5. The molecule has 4 rings (SSSR count). The van der Waals surface area contributed by atoms with E-state index in [9.17, 15) is 4.79 Å². The van der Waals surface area contributed by atoms with Crippen LogP contribution in [0, 0.1) is 0 Å². The minimum atomic E-state index is -0.0406. The van der Waals surface area contributed by atoms with Crippen LogP contribution in [0.15, 0.2) is 72.8 Å². The van der Waals surface area contributed by atoms with Crippen molar-refractivity contribution in [2.45, 2.75) is 6.92 Å². The molecule has 4 heteroatoms. The summed E-state index contributed by atoms with van der Waals surface area (Å²) in [6, 6.07) is 23.2. The Morgan fingerprint density at radius 1 is 0.929 bits per heavy atom. The standard InChI is InChI=1S/C24H21NO3/c1-3-28-23-16-17(13-14-22(23)27-2)15-20-19-11-7-8-12-21(19)25(24(20)26)18-9-5-4-6-10-18/h4-16H,3H2,1-2H3/b20-15+. The van der Waals surface area contributed by atoms with Crippen molar-refractivity contribution in [1.82, 2.24) is 0 Å². The maximum atomic E-state index is 13.3. The number of anilines is 2. The van der Waals surface area contributed by atoms with Crippen molar-refractivity contribution in [2.24, 2.45) is 0 Å². The molecule has 1 aliphatic rings. The zero-order valence-corrected chi connectivity index (χ0v) is 15.9. The molecule has 0 N–H and O–H groups in total. The zero-order chi connectivity index (χ0) is 19.5. The lowest BCUT2D eigenvalue weighted by Gasteiger charge is -2.16. The van der Waals surface area contributed by atoms with E-state index in [4.69, 9.17) is 9.47 Å². The van der Waals surface area contributed by atoms with Crippen LogP contribution in [0.5, 0.6) is 11.5 Å². The normalized spacial score (nSPS) is 14.3. The van der Waals surface area contributed by atoms with E-state index in [0.29, 0.717) is 23.7 Å². The summed E-state index contributed by atoms with van der Waals surface area (Å²) in [5.41, 5.74) is 4.21. The predicted molar refractivity (Wildman–Crippen MR) is 112 cm³/mol. The third-order valence-electron chi connectivity index (χ3n) is 4.68. The van der Waals surface area contributed by atoms with Crippen LogP contribution < -0.4 is 14.4 Å². The molecule has 4 nitrogen and oxygen atoms in total. The highest BCUT2D eigenvalue weighted by Crippen LogP contribution is 2.42. The molecule has 0 atom stereocenters. The van der Waals surface area contributed by atoms with Gasteiger partial charge in [-0.05, 0) is 48.9 Å². The lowest BCUT2D eigenvalue weighted by molar-refractivity contribution is -0.112. The number of fused-ring (bicyclic) bond motifs is 1. The number of amides is 1. The third-order valence-corrected chi connectivity index (χ3v) is 4.68. The lowest BCUT2D eigenvalue weighted by Crippen LogP contribution is -2.20. The number of methoxy groups -OCH3 is 1. The largest absolute Gasteiger partial charge is 0.493 e. The Morgan fingerprint density at radius 2 is 1.68 bits per heavy atom. The molecule has 1 heterocycles. The summed E-state index contributed by atoms with van der Waals surface area (Å²) in [6.45, 7) is 2.47. The number of para-hydroxylation sites is 2. The van der Waals surface area contributed by atoms with Crippen LogP contribution >= 0.6 is 0 Å². The maximum absolute atomic E-state index is 13.3. The molecule has 140 valence electrons. The summed E-state index contributed by atoms with van der Waals surface area (Å²) in [5.74, 6) is 1.30. The fraction of sp³-hybridized carbons (Fsp3) is 0.125. The molecule has 3 aromatic rings. The van der Waals surface area contributed by atoms with Crippen molar-refractivity contribution in [3.8, 4) is 11.5 Å². The summed E-state index contributed by atoms with van der Waals surface area (Å²) < 4.78 is 11.0. The molecule has 3 aromatic carbocycles. The molecule has 0 unspecified atom stereocenters. The quantitative estimate of drug-likeness (QED) is 0.570. The van der Waals surface area contributed by atoms with E-state index >= 15 is 0 Å². The van der Waals surface area contributed by atoms with Crippen molar-refractivity contribution in [2.75, 3.05) is 18.6 Å². The summed E-state index contributed by atoms with van der Waals surface area (Å²) in [6.07, 6.45) is 1.91. The lowest BCUT2D eigenvalue weighted by atomic mass is 10.0. The Hall–Kier alpha value is -3.53. The second kappa shape index (κ2) is 7.61. The minimum Gasteiger partial charge on any atom is -0.493 e. The number of carbonyl (C=O) groups is 1. The smallest absolute Gasteiger partial charge is 0.263 e. The first-order valence-electron chi connectivity index (χ1n) is 9.24. The fourth-order valence-electron chi connectivity index (χ4n) is 3.43. The van der Waals surface area contributed by atoms with Gasteiger partial charge in [-0.25, -0.2) is 0 Å². The molecule has 28 heavy (non-hydrogen) atoms. The highest BCUT2D eigenvalue weighted by molar-refractivity contribution is 6.37. The summed E-state index contributed by atoms with van der Waals surface area (Å²) in [4.78, 5) is 15.1. The second-order valence-electron chi connectivity index (χ2n) is 6.39. The predicted octanol–water partition coefficient (Wildman–Crippen LogP) is 5.31. The van der Waals surface area contributed by atoms with Gasteiger partial charge in [-0.3, -0.25) is 9.69 Å². The molecule has 0 aliphatic carbocycles. The van der Waals surface area contributed by atoms with Crippen LogP contribution in [0.1, 0.15) is 18.1 Å². The number of ether oxygens (including phenoxy) is 2. The van der Waals surface area contributed by atoms with E-state index < -0.39 is 0 Å². The highest BCUT2D eigenvalue weighted by Gasteiger charge is 2.33. The summed E-state index contributed by atoms with van der Waals surface area (Å²) >= 11 is 0. The highest BCUT2D eigenvalue weighted by atomic mass is 16.5. The molecule has 1 aliphatic heterocycles. The molecule has 0 radical (unpaired) electrons. The summed E-state index contributed by atoms with van der Waals surface area (Å²) in [5, 5.41) is 0. The number of hydrogen-bond acceptors (Lipinski definition) is 3. The topological polar surface area (TPSA) is 38.8 Å². The first-order chi connectivity index (χ1) is 13.7. The van der Waals surface area contributed by atoms with E-state index in [1.807, 2.05) is 85.8 Å². The molecule has 0 spiro atoms. The van der Waals surface area contributed by atoms with Gasteiger partial charge in [-0.15, -0.1) is 0 Å². The van der Waals surface area contributed by atoms with Crippen LogP contribution in [-0.2, 0) is 4.79 Å². The van der Waals surface area contributed by atoms with Crippen LogP contribution in [0.25, 0.3) is 11.6 Å². The Balaban J connectivity index is 1.80. The molecular weight excluding hydrogens is 350 g/mol. The molecule has 0 saturated heterocycles. The van der Waals surface area contributed by atoms with Crippen LogP contribution in [0.2, 0.25) is 0 Å². The van der Waals surface area contributed by atoms with Crippen LogP contribution in [0.3, 0.4) is 0 Å². The van der Waals surface area contributed by atoms with E-state index in [-0.39, 0.29) is 5.91 Å². The minimum absolute atomic E-state index is 0.0406. The van der Waals surface area contributed by atoms with Crippen LogP contribution in [-0.4, -0.2) is 19.6 Å². The second-order valence-corrected chi connectivity index (χ2v) is 6.39. The van der Waals surface area contributed by atoms with Gasteiger partial charge >= 0.3 is 0 Å². The van der Waals surface area contributed by atoms with Gasteiger partial charge in [0.1, 0.15) is 0 Å². The number of nitrogens with zero attached hydrogens (tertiary/aromatic N) is 1.